The van der Waals surface area contributed by atoms with Gasteiger partial charge >= 0.3 is 0 Å². The number of thiophene rings is 1. The van der Waals surface area contributed by atoms with E-state index in [1.165, 1.54) is 43.6 Å². The fraction of sp³-hybridized carbons (Fsp3) is 0.722. The van der Waals surface area contributed by atoms with Gasteiger partial charge in [0.2, 0.25) is 0 Å². The maximum absolute atomic E-state index is 4.90. The van der Waals surface area contributed by atoms with Crippen molar-refractivity contribution in [1.29, 1.82) is 0 Å². The van der Waals surface area contributed by atoms with Gasteiger partial charge in [-0.05, 0) is 63.1 Å². The third-order valence-corrected chi connectivity index (χ3v) is 5.79. The molecule has 0 bridgehead atoms. The van der Waals surface area contributed by atoms with Gasteiger partial charge in [-0.15, -0.1) is 35.3 Å². The lowest BCUT2D eigenvalue weighted by Crippen LogP contribution is -2.40. The number of hydrogen-bond acceptors (Lipinski definition) is 3. The summed E-state index contributed by atoms with van der Waals surface area (Å²) in [4.78, 5) is 8.99. The van der Waals surface area contributed by atoms with E-state index in [-0.39, 0.29) is 24.0 Å². The lowest BCUT2D eigenvalue weighted by atomic mass is 9.97. The first-order valence-electron chi connectivity index (χ1n) is 9.08. The Kier molecular flexibility index (Phi) is 8.30. The van der Waals surface area contributed by atoms with E-state index >= 15 is 0 Å². The molecule has 2 aliphatic rings. The van der Waals surface area contributed by atoms with Crippen LogP contribution in [0.5, 0.6) is 0 Å². The van der Waals surface area contributed by atoms with Crippen molar-refractivity contribution < 1.29 is 0 Å². The summed E-state index contributed by atoms with van der Waals surface area (Å²) < 4.78 is 0. The van der Waals surface area contributed by atoms with E-state index in [1.807, 2.05) is 11.3 Å². The summed E-state index contributed by atoms with van der Waals surface area (Å²) in [5, 5.41) is 9.10. The molecule has 1 saturated carbocycles. The highest BCUT2D eigenvalue weighted by molar-refractivity contribution is 14.0. The van der Waals surface area contributed by atoms with Crippen LogP contribution in [0.2, 0.25) is 0 Å². The Bertz CT molecular complexity index is 493. The van der Waals surface area contributed by atoms with Crippen LogP contribution in [-0.2, 0) is 0 Å². The molecule has 4 nitrogen and oxygen atoms in total. The molecule has 0 spiro atoms. The topological polar surface area (TPSA) is 39.7 Å². The normalized spacial score (nSPS) is 21.2. The summed E-state index contributed by atoms with van der Waals surface area (Å²) in [6.45, 7) is 8.67. The second-order valence-corrected chi connectivity index (χ2v) is 7.87. The van der Waals surface area contributed by atoms with Crippen LogP contribution in [0.4, 0.5) is 0 Å². The molecule has 0 amide bonds. The fourth-order valence-corrected chi connectivity index (χ4v) is 3.98. The minimum atomic E-state index is 0. The van der Waals surface area contributed by atoms with E-state index < -0.39 is 0 Å². The van der Waals surface area contributed by atoms with Gasteiger partial charge in [-0.3, -0.25) is 9.89 Å². The fourth-order valence-electron chi connectivity index (χ4n) is 3.13. The van der Waals surface area contributed by atoms with E-state index in [9.17, 15) is 0 Å². The molecular formula is C18H31IN4S. The van der Waals surface area contributed by atoms with Crippen LogP contribution in [0.3, 0.4) is 0 Å². The van der Waals surface area contributed by atoms with Crippen LogP contribution >= 0.6 is 35.3 Å². The van der Waals surface area contributed by atoms with Gasteiger partial charge < -0.3 is 10.6 Å². The van der Waals surface area contributed by atoms with Gasteiger partial charge in [-0.2, -0.15) is 0 Å². The van der Waals surface area contributed by atoms with Crippen LogP contribution in [0.25, 0.3) is 0 Å². The maximum Gasteiger partial charge on any atom is 0.191 e. The molecule has 2 fully saturated rings. The van der Waals surface area contributed by atoms with Crippen LogP contribution in [0.1, 0.15) is 50.4 Å². The monoisotopic (exact) mass is 462 g/mol. The number of likely N-dealkylation sites (tertiary alicyclic amines) is 1. The Hall–Kier alpha value is -0.340. The SMILES string of the molecule is CCNC(=NCC(c1cccs1)N1CCC(C)CC1)NC1CC1.I. The zero-order valence-electron chi connectivity index (χ0n) is 14.8. The van der Waals surface area contributed by atoms with E-state index in [4.69, 9.17) is 4.99 Å². The molecule has 0 aromatic carbocycles. The zero-order chi connectivity index (χ0) is 16.1. The number of piperidine rings is 1. The number of rotatable bonds is 6. The lowest BCUT2D eigenvalue weighted by Gasteiger charge is -2.35. The molecule has 2 N–H and O–H groups in total. The first-order valence-corrected chi connectivity index (χ1v) is 9.96. The molecule has 2 heterocycles. The molecule has 136 valence electrons. The Morgan fingerprint density at radius 2 is 2.08 bits per heavy atom. The predicted molar refractivity (Wildman–Crippen MR) is 115 cm³/mol. The smallest absolute Gasteiger partial charge is 0.191 e. The van der Waals surface area contributed by atoms with Crippen molar-refractivity contribution in [2.45, 2.75) is 51.6 Å². The van der Waals surface area contributed by atoms with Crippen molar-refractivity contribution in [2.24, 2.45) is 10.9 Å². The molecule has 3 rings (SSSR count). The Labute approximate surface area is 167 Å². The summed E-state index contributed by atoms with van der Waals surface area (Å²) in [7, 11) is 0. The number of halogens is 1. The molecule has 1 aliphatic carbocycles. The number of hydrogen-bond donors (Lipinski definition) is 2. The standard InChI is InChI=1S/C18H30N4S.HI/c1-3-19-18(21-15-6-7-15)20-13-16(17-5-4-12-23-17)22-10-8-14(2)9-11-22;/h4-5,12,14-16H,3,6-11,13H2,1-2H3,(H2,19,20,21);1H. The van der Waals surface area contributed by atoms with E-state index in [2.05, 4.69) is 46.9 Å². The highest BCUT2D eigenvalue weighted by atomic mass is 127. The molecular weight excluding hydrogens is 431 g/mol. The van der Waals surface area contributed by atoms with Crippen molar-refractivity contribution in [2.75, 3.05) is 26.2 Å². The quantitative estimate of drug-likeness (QED) is 0.383. The van der Waals surface area contributed by atoms with Gasteiger partial charge in [0.1, 0.15) is 0 Å². The minimum Gasteiger partial charge on any atom is -0.357 e. The molecule has 1 aliphatic heterocycles. The number of aliphatic imine (C=N–C) groups is 1. The molecule has 1 aromatic heterocycles. The van der Waals surface area contributed by atoms with Crippen molar-refractivity contribution in [3.63, 3.8) is 0 Å². The Morgan fingerprint density at radius 3 is 2.67 bits per heavy atom. The first-order chi connectivity index (χ1) is 11.3. The molecule has 1 aromatic rings. The van der Waals surface area contributed by atoms with Gasteiger partial charge in [0, 0.05) is 17.5 Å². The van der Waals surface area contributed by atoms with Gasteiger partial charge in [0.25, 0.3) is 0 Å². The highest BCUT2D eigenvalue weighted by Crippen LogP contribution is 2.29. The maximum atomic E-state index is 4.90. The number of guanidine groups is 1. The van der Waals surface area contributed by atoms with Gasteiger partial charge in [-0.25, -0.2) is 0 Å². The molecule has 0 radical (unpaired) electrons. The van der Waals surface area contributed by atoms with Crippen molar-refractivity contribution >= 4 is 41.3 Å². The van der Waals surface area contributed by atoms with Crippen molar-refractivity contribution in [3.05, 3.63) is 22.4 Å². The van der Waals surface area contributed by atoms with Crippen LogP contribution < -0.4 is 10.6 Å². The van der Waals surface area contributed by atoms with Crippen molar-refractivity contribution in [1.82, 2.24) is 15.5 Å². The van der Waals surface area contributed by atoms with E-state index in [0.29, 0.717) is 12.1 Å². The third-order valence-electron chi connectivity index (χ3n) is 4.82. The van der Waals surface area contributed by atoms with E-state index in [0.717, 1.165) is 25.0 Å². The molecule has 1 unspecified atom stereocenters. The molecule has 1 atom stereocenters. The van der Waals surface area contributed by atoms with Crippen LogP contribution in [0.15, 0.2) is 22.5 Å². The summed E-state index contributed by atoms with van der Waals surface area (Å²) in [6.07, 6.45) is 5.18. The molecule has 6 heteroatoms. The second kappa shape index (κ2) is 9.97. The zero-order valence-corrected chi connectivity index (χ0v) is 18.0. The minimum absolute atomic E-state index is 0. The molecule has 24 heavy (non-hydrogen) atoms. The number of nitrogens with one attached hydrogen (secondary N) is 2. The van der Waals surface area contributed by atoms with E-state index in [1.54, 1.807) is 0 Å². The van der Waals surface area contributed by atoms with Gasteiger partial charge in [0.15, 0.2) is 5.96 Å². The molecule has 1 saturated heterocycles. The Balaban J connectivity index is 0.00000208. The van der Waals surface area contributed by atoms with Gasteiger partial charge in [-0.1, -0.05) is 13.0 Å². The van der Waals surface area contributed by atoms with Crippen LogP contribution in [-0.4, -0.2) is 43.1 Å². The summed E-state index contributed by atoms with van der Waals surface area (Å²) >= 11 is 1.86. The second-order valence-electron chi connectivity index (χ2n) is 6.89. The average Bonchev–Trinajstić information content (AvgIpc) is 3.20. The predicted octanol–water partition coefficient (Wildman–Crippen LogP) is 3.86. The third kappa shape index (κ3) is 5.88. The average molecular weight is 462 g/mol. The Morgan fingerprint density at radius 1 is 1.33 bits per heavy atom. The highest BCUT2D eigenvalue weighted by Gasteiger charge is 2.26. The first kappa shape index (κ1) is 20.0. The summed E-state index contributed by atoms with van der Waals surface area (Å²) in [5.41, 5.74) is 0. The van der Waals surface area contributed by atoms with Gasteiger partial charge in [0.05, 0.1) is 12.6 Å². The lowest BCUT2D eigenvalue weighted by molar-refractivity contribution is 0.143. The summed E-state index contributed by atoms with van der Waals surface area (Å²) in [5.74, 6) is 1.86. The van der Waals surface area contributed by atoms with Crippen LogP contribution in [0, 0.1) is 5.92 Å². The largest absolute Gasteiger partial charge is 0.357 e. The number of nitrogens with zero attached hydrogens (tertiary/aromatic N) is 2. The summed E-state index contributed by atoms with van der Waals surface area (Å²) in [6, 6.07) is 5.50. The van der Waals surface area contributed by atoms with Crippen molar-refractivity contribution in [3.8, 4) is 0 Å².